The van der Waals surface area contributed by atoms with E-state index in [1.807, 2.05) is 0 Å². The first-order valence-corrected chi connectivity index (χ1v) is 7.50. The van der Waals surface area contributed by atoms with Gasteiger partial charge in [0.2, 0.25) is 0 Å². The number of hydrogen-bond acceptors (Lipinski definition) is 6. The summed E-state index contributed by atoms with van der Waals surface area (Å²) in [6.07, 6.45) is 2.90. The highest BCUT2D eigenvalue weighted by molar-refractivity contribution is 6.35. The van der Waals surface area contributed by atoms with Crippen LogP contribution >= 0.6 is 23.2 Å². The molecule has 0 amide bonds. The molecule has 2 atom stereocenters. The van der Waals surface area contributed by atoms with Crippen LogP contribution in [0.1, 0.15) is 24.2 Å². The standard InChI is InChI=1S/C13H13Cl2N7O/c1-8(12-18-20-21-19-12)13(23,5-22-7-16-6-17-22)10-3-2-9(14)4-11(10)15/h2-4,6-8,23H,5H2,1H3,(H,18,19,20,21). The highest BCUT2D eigenvalue weighted by Gasteiger charge is 2.41. The Hall–Kier alpha value is -2.03. The molecule has 0 saturated carbocycles. The second-order valence-electron chi connectivity index (χ2n) is 5.13. The SMILES string of the molecule is CC(c1nn[nH]n1)C(O)(Cn1cncn1)c1ccc(Cl)cc1Cl. The minimum absolute atomic E-state index is 0.115. The van der Waals surface area contributed by atoms with Gasteiger partial charge in [0, 0.05) is 15.6 Å². The first-order valence-electron chi connectivity index (χ1n) is 6.74. The van der Waals surface area contributed by atoms with Crippen molar-refractivity contribution < 1.29 is 5.11 Å². The fraction of sp³-hybridized carbons (Fsp3) is 0.308. The summed E-state index contributed by atoms with van der Waals surface area (Å²) in [5, 5.41) is 30.2. The van der Waals surface area contributed by atoms with Crippen LogP contribution in [0.4, 0.5) is 0 Å². The lowest BCUT2D eigenvalue weighted by atomic mass is 9.81. The molecule has 0 fully saturated rings. The van der Waals surface area contributed by atoms with E-state index in [1.165, 1.54) is 17.3 Å². The molecule has 0 aliphatic rings. The van der Waals surface area contributed by atoms with E-state index in [0.29, 0.717) is 21.4 Å². The largest absolute Gasteiger partial charge is 0.382 e. The fourth-order valence-corrected chi connectivity index (χ4v) is 3.00. The fourth-order valence-electron chi connectivity index (χ4n) is 2.42. The zero-order chi connectivity index (χ0) is 16.4. The smallest absolute Gasteiger partial charge is 0.180 e. The van der Waals surface area contributed by atoms with E-state index in [4.69, 9.17) is 23.2 Å². The average molecular weight is 354 g/mol. The van der Waals surface area contributed by atoms with Gasteiger partial charge in [-0.05, 0) is 12.1 Å². The van der Waals surface area contributed by atoms with Crippen molar-refractivity contribution in [2.75, 3.05) is 0 Å². The monoisotopic (exact) mass is 353 g/mol. The summed E-state index contributed by atoms with van der Waals surface area (Å²) in [5.74, 6) is -0.150. The Morgan fingerprint density at radius 3 is 2.83 bits per heavy atom. The van der Waals surface area contributed by atoms with E-state index >= 15 is 0 Å². The van der Waals surface area contributed by atoms with Crippen LogP contribution in [-0.4, -0.2) is 40.5 Å². The van der Waals surface area contributed by atoms with Crippen LogP contribution in [0.2, 0.25) is 10.0 Å². The number of benzene rings is 1. The van der Waals surface area contributed by atoms with Gasteiger partial charge in [0.15, 0.2) is 5.82 Å². The number of aromatic amines is 1. The third-order valence-corrected chi connectivity index (χ3v) is 4.28. The maximum absolute atomic E-state index is 11.4. The molecule has 8 nitrogen and oxygen atoms in total. The number of nitrogens with one attached hydrogen (secondary N) is 1. The van der Waals surface area contributed by atoms with Crippen LogP contribution in [0.3, 0.4) is 0 Å². The summed E-state index contributed by atoms with van der Waals surface area (Å²) in [6.45, 7) is 1.90. The number of halogens is 2. The van der Waals surface area contributed by atoms with Gasteiger partial charge in [-0.3, -0.25) is 0 Å². The molecule has 2 aromatic heterocycles. The summed E-state index contributed by atoms with van der Waals surface area (Å²) >= 11 is 12.3. The van der Waals surface area contributed by atoms with Crippen LogP contribution in [0.25, 0.3) is 0 Å². The highest BCUT2D eigenvalue weighted by Crippen LogP contribution is 2.40. The van der Waals surface area contributed by atoms with Crippen molar-refractivity contribution in [1.29, 1.82) is 0 Å². The maximum Gasteiger partial charge on any atom is 0.180 e. The summed E-state index contributed by atoms with van der Waals surface area (Å²) in [4.78, 5) is 3.90. The lowest BCUT2D eigenvalue weighted by Gasteiger charge is -2.33. The van der Waals surface area contributed by atoms with Gasteiger partial charge in [0.05, 0.1) is 12.5 Å². The first kappa shape index (κ1) is 15.9. The Kier molecular flexibility index (Phi) is 4.29. The summed E-state index contributed by atoms with van der Waals surface area (Å²) in [5.41, 5.74) is -0.935. The van der Waals surface area contributed by atoms with E-state index < -0.39 is 11.5 Å². The van der Waals surface area contributed by atoms with Crippen molar-refractivity contribution in [3.63, 3.8) is 0 Å². The normalized spacial score (nSPS) is 15.3. The number of hydrogen-bond donors (Lipinski definition) is 2. The van der Waals surface area contributed by atoms with E-state index in [2.05, 4.69) is 30.7 Å². The number of aromatic nitrogens is 7. The van der Waals surface area contributed by atoms with Crippen LogP contribution < -0.4 is 0 Å². The Morgan fingerprint density at radius 1 is 1.39 bits per heavy atom. The van der Waals surface area contributed by atoms with Crippen molar-refractivity contribution in [2.45, 2.75) is 25.0 Å². The molecular weight excluding hydrogens is 341 g/mol. The first-order chi connectivity index (χ1) is 11.0. The molecule has 1 aromatic carbocycles. The molecule has 0 saturated heterocycles. The lowest BCUT2D eigenvalue weighted by Crippen LogP contribution is -2.38. The van der Waals surface area contributed by atoms with Crippen LogP contribution in [0, 0.1) is 0 Å². The predicted molar refractivity (Wildman–Crippen MR) is 83.0 cm³/mol. The Bertz CT molecular complexity index is 778. The van der Waals surface area contributed by atoms with E-state index in [9.17, 15) is 5.11 Å². The lowest BCUT2D eigenvalue weighted by molar-refractivity contribution is -0.0103. The summed E-state index contributed by atoms with van der Waals surface area (Å²) < 4.78 is 1.52. The molecule has 0 aliphatic heterocycles. The topological polar surface area (TPSA) is 105 Å². The number of rotatable bonds is 5. The van der Waals surface area contributed by atoms with Crippen LogP contribution in [0.5, 0.6) is 0 Å². The van der Waals surface area contributed by atoms with Gasteiger partial charge in [0.25, 0.3) is 0 Å². The van der Waals surface area contributed by atoms with E-state index in [1.54, 1.807) is 25.1 Å². The molecule has 3 rings (SSSR count). The van der Waals surface area contributed by atoms with Crippen LogP contribution in [-0.2, 0) is 12.1 Å². The Labute approximate surface area is 141 Å². The van der Waals surface area contributed by atoms with Crippen molar-refractivity contribution in [2.24, 2.45) is 0 Å². The number of aliphatic hydroxyl groups is 1. The number of H-pyrrole nitrogens is 1. The second kappa shape index (κ2) is 6.23. The molecule has 0 bridgehead atoms. The minimum Gasteiger partial charge on any atom is -0.382 e. The minimum atomic E-state index is -1.43. The number of nitrogens with zero attached hydrogens (tertiary/aromatic N) is 6. The zero-order valence-corrected chi connectivity index (χ0v) is 13.6. The van der Waals surface area contributed by atoms with Gasteiger partial charge in [-0.2, -0.15) is 10.3 Å². The van der Waals surface area contributed by atoms with Gasteiger partial charge in [0.1, 0.15) is 18.3 Å². The summed E-state index contributed by atoms with van der Waals surface area (Å²) in [7, 11) is 0. The average Bonchev–Trinajstić information content (AvgIpc) is 3.19. The van der Waals surface area contributed by atoms with Crippen molar-refractivity contribution >= 4 is 23.2 Å². The molecule has 23 heavy (non-hydrogen) atoms. The predicted octanol–water partition coefficient (Wildman–Crippen LogP) is 1.79. The molecule has 2 N–H and O–H groups in total. The molecule has 2 unspecified atom stereocenters. The molecule has 0 radical (unpaired) electrons. The van der Waals surface area contributed by atoms with Gasteiger partial charge in [-0.15, -0.1) is 10.2 Å². The number of tetrazole rings is 1. The van der Waals surface area contributed by atoms with Crippen molar-refractivity contribution in [3.05, 3.63) is 52.3 Å². The third kappa shape index (κ3) is 3.05. The van der Waals surface area contributed by atoms with E-state index in [0.717, 1.165) is 0 Å². The quantitative estimate of drug-likeness (QED) is 0.724. The second-order valence-corrected chi connectivity index (χ2v) is 5.98. The molecule has 2 heterocycles. The van der Waals surface area contributed by atoms with Crippen molar-refractivity contribution in [3.8, 4) is 0 Å². The highest BCUT2D eigenvalue weighted by atomic mass is 35.5. The zero-order valence-electron chi connectivity index (χ0n) is 12.1. The van der Waals surface area contributed by atoms with Crippen LogP contribution in [0.15, 0.2) is 30.9 Å². The maximum atomic E-state index is 11.4. The van der Waals surface area contributed by atoms with Gasteiger partial charge >= 0.3 is 0 Å². The summed E-state index contributed by atoms with van der Waals surface area (Å²) in [6, 6.07) is 4.92. The molecule has 10 heteroatoms. The molecular formula is C13H13Cl2N7O. The van der Waals surface area contributed by atoms with E-state index in [-0.39, 0.29) is 6.54 Å². The van der Waals surface area contributed by atoms with Crippen molar-refractivity contribution in [1.82, 2.24) is 35.4 Å². The van der Waals surface area contributed by atoms with Gasteiger partial charge in [-0.25, -0.2) is 9.67 Å². The molecule has 3 aromatic rings. The Morgan fingerprint density at radius 2 is 2.22 bits per heavy atom. The molecule has 0 aliphatic carbocycles. The molecule has 0 spiro atoms. The van der Waals surface area contributed by atoms with Gasteiger partial charge in [-0.1, -0.05) is 41.4 Å². The Balaban J connectivity index is 2.08. The van der Waals surface area contributed by atoms with Gasteiger partial charge < -0.3 is 5.11 Å². The molecule has 120 valence electrons. The third-order valence-electron chi connectivity index (χ3n) is 3.73.